The van der Waals surface area contributed by atoms with E-state index < -0.39 is 0 Å². The van der Waals surface area contributed by atoms with Crippen molar-refractivity contribution in [2.45, 2.75) is 40.8 Å². The van der Waals surface area contributed by atoms with E-state index >= 15 is 0 Å². The molecule has 0 aliphatic rings. The van der Waals surface area contributed by atoms with Gasteiger partial charge in [0, 0.05) is 17.8 Å². The molecule has 4 heteroatoms. The Balaban J connectivity index is 1.86. The summed E-state index contributed by atoms with van der Waals surface area (Å²) >= 11 is 5.43. The molecule has 0 spiro atoms. The molecule has 2 rings (SSSR count). The first-order chi connectivity index (χ1) is 12.0. The van der Waals surface area contributed by atoms with Crippen molar-refractivity contribution >= 4 is 23.0 Å². The fourth-order valence-corrected chi connectivity index (χ4v) is 2.97. The van der Waals surface area contributed by atoms with Crippen molar-refractivity contribution in [3.8, 4) is 0 Å². The second kappa shape index (κ2) is 9.54. The summed E-state index contributed by atoms with van der Waals surface area (Å²) in [5.74, 6) is 0. The quantitative estimate of drug-likeness (QED) is 0.665. The van der Waals surface area contributed by atoms with Crippen molar-refractivity contribution in [1.29, 1.82) is 0 Å². The molecular formula is C21H30N3S+. The molecule has 0 aromatic heterocycles. The minimum absolute atomic E-state index is 0.658. The van der Waals surface area contributed by atoms with Crippen molar-refractivity contribution in [3.05, 3.63) is 64.7 Å². The van der Waals surface area contributed by atoms with Crippen molar-refractivity contribution in [2.75, 3.05) is 18.4 Å². The highest BCUT2D eigenvalue weighted by molar-refractivity contribution is 7.80. The van der Waals surface area contributed by atoms with Crippen LogP contribution in [0.2, 0.25) is 0 Å². The van der Waals surface area contributed by atoms with Gasteiger partial charge in [0.1, 0.15) is 6.54 Å². The van der Waals surface area contributed by atoms with Crippen molar-refractivity contribution in [2.24, 2.45) is 0 Å². The molecule has 0 bridgehead atoms. The molecule has 0 heterocycles. The Kier molecular flexibility index (Phi) is 7.41. The molecule has 0 fully saturated rings. The second-order valence-corrected chi connectivity index (χ2v) is 6.98. The highest BCUT2D eigenvalue weighted by Crippen LogP contribution is 2.16. The lowest BCUT2D eigenvalue weighted by Crippen LogP contribution is -3.10. The zero-order valence-electron chi connectivity index (χ0n) is 15.8. The number of rotatable bonds is 7. The van der Waals surface area contributed by atoms with Gasteiger partial charge in [0.05, 0.1) is 13.1 Å². The largest absolute Gasteiger partial charge is 0.358 e. The van der Waals surface area contributed by atoms with Gasteiger partial charge < -0.3 is 15.5 Å². The molecule has 0 amide bonds. The van der Waals surface area contributed by atoms with Crippen molar-refractivity contribution < 1.29 is 4.90 Å². The highest BCUT2D eigenvalue weighted by Gasteiger charge is 2.05. The first kappa shape index (κ1) is 19.4. The minimum atomic E-state index is 0.658. The Labute approximate surface area is 157 Å². The maximum Gasteiger partial charge on any atom is 0.171 e. The lowest BCUT2D eigenvalue weighted by Gasteiger charge is -2.16. The van der Waals surface area contributed by atoms with Crippen LogP contribution in [0.15, 0.2) is 42.5 Å². The third kappa shape index (κ3) is 6.15. The van der Waals surface area contributed by atoms with Crippen LogP contribution < -0.4 is 15.5 Å². The molecule has 0 aliphatic carbocycles. The van der Waals surface area contributed by atoms with Gasteiger partial charge in [-0.25, -0.2) is 0 Å². The monoisotopic (exact) mass is 356 g/mol. The molecule has 0 saturated heterocycles. The van der Waals surface area contributed by atoms with Gasteiger partial charge in [-0.05, 0) is 62.7 Å². The van der Waals surface area contributed by atoms with Crippen LogP contribution in [0.5, 0.6) is 0 Å². The first-order valence-electron chi connectivity index (χ1n) is 9.05. The molecule has 0 atom stereocenters. The Morgan fingerprint density at radius 3 is 2.24 bits per heavy atom. The van der Waals surface area contributed by atoms with Gasteiger partial charge in [0.2, 0.25) is 0 Å². The summed E-state index contributed by atoms with van der Waals surface area (Å²) in [6.07, 6.45) is 0. The number of hydrogen-bond acceptors (Lipinski definition) is 1. The fourth-order valence-electron chi connectivity index (χ4n) is 2.78. The number of quaternary nitrogens is 1. The molecule has 3 nitrogen and oxygen atoms in total. The molecule has 2 aromatic carbocycles. The molecule has 3 N–H and O–H groups in total. The molecule has 0 aliphatic heterocycles. The maximum atomic E-state index is 5.43. The van der Waals surface area contributed by atoms with E-state index in [1.807, 2.05) is 0 Å². The molecule has 134 valence electrons. The number of hydrogen-bond donors (Lipinski definition) is 3. The number of nitrogens with one attached hydrogen (secondary N) is 3. The van der Waals surface area contributed by atoms with E-state index in [9.17, 15) is 0 Å². The van der Waals surface area contributed by atoms with Crippen LogP contribution in [0.1, 0.15) is 36.1 Å². The minimum Gasteiger partial charge on any atom is -0.358 e. The smallest absolute Gasteiger partial charge is 0.171 e. The SMILES string of the molecule is CC[NH+](CC)Cc1ccc(CNC(=S)Nc2cc(C)ccc2C)cc1. The van der Waals surface area contributed by atoms with Gasteiger partial charge in [0.15, 0.2) is 5.11 Å². The Morgan fingerprint density at radius 1 is 0.960 bits per heavy atom. The third-order valence-corrected chi connectivity index (χ3v) is 4.82. The summed E-state index contributed by atoms with van der Waals surface area (Å²) in [6.45, 7) is 12.8. The number of anilines is 1. The predicted molar refractivity (Wildman–Crippen MR) is 111 cm³/mol. The highest BCUT2D eigenvalue weighted by atomic mass is 32.1. The van der Waals surface area contributed by atoms with Crippen LogP contribution >= 0.6 is 12.2 Å². The summed E-state index contributed by atoms with van der Waals surface area (Å²) in [5.41, 5.74) is 6.11. The van der Waals surface area contributed by atoms with Crippen LogP contribution in [0, 0.1) is 13.8 Å². The van der Waals surface area contributed by atoms with E-state index in [-0.39, 0.29) is 0 Å². The van der Waals surface area contributed by atoms with Crippen LogP contribution in [0.25, 0.3) is 0 Å². The van der Waals surface area contributed by atoms with Crippen LogP contribution in [-0.2, 0) is 13.1 Å². The average molecular weight is 357 g/mol. The van der Waals surface area contributed by atoms with E-state index in [1.165, 1.54) is 22.3 Å². The summed E-state index contributed by atoms with van der Waals surface area (Å²) in [5, 5.41) is 7.24. The topological polar surface area (TPSA) is 28.5 Å². The van der Waals surface area contributed by atoms with E-state index in [4.69, 9.17) is 12.2 Å². The Bertz CT molecular complexity index is 691. The van der Waals surface area contributed by atoms with Crippen LogP contribution in [-0.4, -0.2) is 18.2 Å². The molecule has 2 aromatic rings. The first-order valence-corrected chi connectivity index (χ1v) is 9.46. The van der Waals surface area contributed by atoms with Gasteiger partial charge in [0.25, 0.3) is 0 Å². The van der Waals surface area contributed by atoms with E-state index in [0.717, 1.165) is 31.9 Å². The fraction of sp³-hybridized carbons (Fsp3) is 0.381. The van der Waals surface area contributed by atoms with Gasteiger partial charge in [-0.1, -0.05) is 36.4 Å². The Hall–Kier alpha value is -1.91. The van der Waals surface area contributed by atoms with Gasteiger partial charge >= 0.3 is 0 Å². The Morgan fingerprint density at radius 2 is 1.60 bits per heavy atom. The van der Waals surface area contributed by atoms with Gasteiger partial charge in [-0.15, -0.1) is 0 Å². The lowest BCUT2D eigenvalue weighted by atomic mass is 10.1. The molecule has 0 saturated carbocycles. The zero-order valence-corrected chi connectivity index (χ0v) is 16.6. The summed E-state index contributed by atoms with van der Waals surface area (Å²) in [7, 11) is 0. The number of benzene rings is 2. The third-order valence-electron chi connectivity index (χ3n) is 4.57. The lowest BCUT2D eigenvalue weighted by molar-refractivity contribution is -0.910. The molecule has 25 heavy (non-hydrogen) atoms. The summed E-state index contributed by atoms with van der Waals surface area (Å²) < 4.78 is 0. The maximum absolute atomic E-state index is 5.43. The number of aryl methyl sites for hydroxylation is 2. The van der Waals surface area contributed by atoms with Crippen LogP contribution in [0.3, 0.4) is 0 Å². The van der Waals surface area contributed by atoms with E-state index in [0.29, 0.717) is 5.11 Å². The van der Waals surface area contributed by atoms with Crippen molar-refractivity contribution in [1.82, 2.24) is 5.32 Å². The van der Waals surface area contributed by atoms with Crippen LogP contribution in [0.4, 0.5) is 5.69 Å². The molecular weight excluding hydrogens is 326 g/mol. The predicted octanol–water partition coefficient (Wildman–Crippen LogP) is 3.21. The average Bonchev–Trinajstić information content (AvgIpc) is 2.62. The van der Waals surface area contributed by atoms with E-state index in [1.54, 1.807) is 4.90 Å². The zero-order chi connectivity index (χ0) is 18.2. The summed E-state index contributed by atoms with van der Waals surface area (Å²) in [6, 6.07) is 15.2. The standard InChI is InChI=1S/C21H29N3S/c1-5-24(6-2)15-19-11-9-18(10-12-19)14-22-21(25)23-20-13-16(3)7-8-17(20)4/h7-13H,5-6,14-15H2,1-4H3,(H2,22,23,25)/p+1. The number of thiocarbonyl (C=S) groups is 1. The second-order valence-electron chi connectivity index (χ2n) is 6.58. The normalized spacial score (nSPS) is 10.8. The summed E-state index contributed by atoms with van der Waals surface area (Å²) in [4.78, 5) is 1.60. The van der Waals surface area contributed by atoms with Gasteiger partial charge in [-0.3, -0.25) is 0 Å². The molecule has 0 unspecified atom stereocenters. The van der Waals surface area contributed by atoms with E-state index in [2.05, 4.69) is 80.8 Å². The van der Waals surface area contributed by atoms with Crippen molar-refractivity contribution in [3.63, 3.8) is 0 Å². The molecule has 0 radical (unpaired) electrons. The van der Waals surface area contributed by atoms with Gasteiger partial charge in [-0.2, -0.15) is 0 Å².